The van der Waals surface area contributed by atoms with Crippen molar-refractivity contribution in [1.29, 1.82) is 0 Å². The monoisotopic (exact) mass is 421 g/mol. The van der Waals surface area contributed by atoms with Gasteiger partial charge in [0.2, 0.25) is 21.8 Å². The quantitative estimate of drug-likeness (QED) is 0.761. The molecule has 0 spiro atoms. The van der Waals surface area contributed by atoms with Crippen molar-refractivity contribution in [2.24, 2.45) is 5.92 Å². The van der Waals surface area contributed by atoms with Crippen LogP contribution >= 0.6 is 0 Å². The van der Waals surface area contributed by atoms with Gasteiger partial charge in [0.15, 0.2) is 0 Å². The molecule has 28 heavy (non-hydrogen) atoms. The summed E-state index contributed by atoms with van der Waals surface area (Å²) in [6, 6.07) is 4.07. The second-order valence-corrected chi connectivity index (χ2v) is 8.43. The summed E-state index contributed by atoms with van der Waals surface area (Å²) in [4.78, 5) is 24.4. The van der Waals surface area contributed by atoms with Crippen LogP contribution in [-0.2, 0) is 19.6 Å². The molecule has 2 N–H and O–H groups in total. The molecule has 0 aliphatic carbocycles. The van der Waals surface area contributed by atoms with Crippen LogP contribution in [0.15, 0.2) is 29.2 Å². The number of rotatable bonds is 5. The molecule has 0 bridgehead atoms. The highest BCUT2D eigenvalue weighted by Crippen LogP contribution is 2.33. The van der Waals surface area contributed by atoms with Crippen LogP contribution in [0.5, 0.6) is 0 Å². The second kappa shape index (κ2) is 8.48. The van der Waals surface area contributed by atoms with E-state index in [-0.39, 0.29) is 30.2 Å². The number of carbonyl (C=O) groups is 2. The predicted molar refractivity (Wildman–Crippen MR) is 95.9 cm³/mol. The van der Waals surface area contributed by atoms with E-state index in [1.54, 1.807) is 0 Å². The Labute approximate surface area is 161 Å². The van der Waals surface area contributed by atoms with Crippen molar-refractivity contribution in [3.8, 4) is 0 Å². The van der Waals surface area contributed by atoms with Crippen LogP contribution in [-0.4, -0.2) is 50.4 Å². The third-order valence-corrected chi connectivity index (χ3v) is 5.94. The molecule has 11 heteroatoms. The van der Waals surface area contributed by atoms with Gasteiger partial charge in [-0.3, -0.25) is 9.59 Å². The maximum Gasteiger partial charge on any atom is 0.393 e. The molecule has 2 atom stereocenters. The zero-order valence-electron chi connectivity index (χ0n) is 15.4. The number of nitrogens with one attached hydrogen (secondary N) is 2. The molecule has 1 aliphatic heterocycles. The molecule has 0 aromatic heterocycles. The van der Waals surface area contributed by atoms with E-state index in [1.807, 2.05) is 0 Å². The van der Waals surface area contributed by atoms with E-state index in [1.165, 1.54) is 38.1 Å². The Morgan fingerprint density at radius 3 is 2.36 bits per heavy atom. The Kier molecular flexibility index (Phi) is 6.71. The zero-order valence-corrected chi connectivity index (χ0v) is 16.2. The molecular weight excluding hydrogens is 399 g/mol. The van der Waals surface area contributed by atoms with E-state index in [0.717, 1.165) is 4.90 Å². The minimum atomic E-state index is -4.39. The fourth-order valence-electron chi connectivity index (χ4n) is 2.99. The molecule has 1 heterocycles. The fraction of sp³-hybridized carbons (Fsp3) is 0.529. The summed E-state index contributed by atoms with van der Waals surface area (Å²) >= 11 is 0. The highest BCUT2D eigenvalue weighted by Gasteiger charge is 2.43. The Morgan fingerprint density at radius 2 is 1.82 bits per heavy atom. The lowest BCUT2D eigenvalue weighted by Crippen LogP contribution is -2.51. The van der Waals surface area contributed by atoms with E-state index in [2.05, 4.69) is 10.0 Å². The lowest BCUT2D eigenvalue weighted by molar-refractivity contribution is -0.188. The number of anilines is 1. The molecule has 156 valence electrons. The minimum Gasteiger partial charge on any atom is -0.341 e. The summed E-state index contributed by atoms with van der Waals surface area (Å²) in [5.74, 6) is -2.62. The summed E-state index contributed by atoms with van der Waals surface area (Å²) in [7, 11) is -4.06. The molecule has 1 aliphatic rings. The second-order valence-electron chi connectivity index (χ2n) is 6.71. The maximum absolute atomic E-state index is 12.9. The third-order valence-electron chi connectivity index (χ3n) is 4.38. The fourth-order valence-corrected chi connectivity index (χ4v) is 4.19. The first-order chi connectivity index (χ1) is 12.9. The summed E-state index contributed by atoms with van der Waals surface area (Å²) in [6.45, 7) is 2.29. The van der Waals surface area contributed by atoms with Crippen molar-refractivity contribution in [2.45, 2.75) is 43.8 Å². The van der Waals surface area contributed by atoms with Gasteiger partial charge in [0.1, 0.15) is 0 Å². The zero-order chi connectivity index (χ0) is 21.1. The average Bonchev–Trinajstić information content (AvgIpc) is 2.60. The van der Waals surface area contributed by atoms with Crippen LogP contribution in [0, 0.1) is 5.92 Å². The summed E-state index contributed by atoms with van der Waals surface area (Å²) in [5.41, 5.74) is 0.405. The topological polar surface area (TPSA) is 95.6 Å². The van der Waals surface area contributed by atoms with Gasteiger partial charge in [0.05, 0.1) is 16.9 Å². The molecular formula is C17H22F3N3O4S. The van der Waals surface area contributed by atoms with E-state index < -0.39 is 40.6 Å². The molecule has 1 aromatic rings. The van der Waals surface area contributed by atoms with Crippen molar-refractivity contribution >= 4 is 27.5 Å². The number of benzene rings is 1. The molecule has 2 rings (SSSR count). The first kappa shape index (κ1) is 22.2. The first-order valence-corrected chi connectivity index (χ1v) is 10.1. The average molecular weight is 421 g/mol. The highest BCUT2D eigenvalue weighted by atomic mass is 32.2. The van der Waals surface area contributed by atoms with Crippen LogP contribution in [0.1, 0.15) is 26.7 Å². The third kappa shape index (κ3) is 5.68. The summed E-state index contributed by atoms with van der Waals surface area (Å²) in [6.07, 6.45) is -4.23. The molecule has 0 radical (unpaired) electrons. The minimum absolute atomic E-state index is 0.0476. The van der Waals surface area contributed by atoms with Crippen molar-refractivity contribution in [3.05, 3.63) is 24.3 Å². The summed E-state index contributed by atoms with van der Waals surface area (Å²) < 4.78 is 65.8. The van der Waals surface area contributed by atoms with Gasteiger partial charge in [0, 0.05) is 25.7 Å². The standard InChI is InChI=1S/C17H22F3N3O4S/c1-11(16(25)23-9-3-4-13(10-23)17(18,19)20)22-28(26,27)15-7-5-14(6-8-15)21-12(2)24/h5-8,11,13,22H,3-4,9-10H2,1-2H3,(H,21,24)/t11-,13-/m0/s1. The molecule has 0 unspecified atom stereocenters. The van der Waals surface area contributed by atoms with E-state index in [0.29, 0.717) is 5.69 Å². The van der Waals surface area contributed by atoms with Crippen molar-refractivity contribution in [1.82, 2.24) is 9.62 Å². The smallest absolute Gasteiger partial charge is 0.341 e. The number of hydrogen-bond acceptors (Lipinski definition) is 4. The van der Waals surface area contributed by atoms with Gasteiger partial charge in [-0.05, 0) is 44.0 Å². The Hall–Kier alpha value is -2.14. The van der Waals surface area contributed by atoms with Gasteiger partial charge in [-0.15, -0.1) is 0 Å². The highest BCUT2D eigenvalue weighted by molar-refractivity contribution is 7.89. The number of amides is 2. The molecule has 0 saturated carbocycles. The van der Waals surface area contributed by atoms with E-state index in [9.17, 15) is 31.2 Å². The molecule has 2 amide bonds. The van der Waals surface area contributed by atoms with Crippen LogP contribution < -0.4 is 10.0 Å². The van der Waals surface area contributed by atoms with Crippen LogP contribution in [0.2, 0.25) is 0 Å². The molecule has 1 fully saturated rings. The van der Waals surface area contributed by atoms with E-state index >= 15 is 0 Å². The largest absolute Gasteiger partial charge is 0.393 e. The van der Waals surface area contributed by atoms with Crippen molar-refractivity contribution in [3.63, 3.8) is 0 Å². The maximum atomic E-state index is 12.9. The number of nitrogens with zero attached hydrogens (tertiary/aromatic N) is 1. The first-order valence-electron chi connectivity index (χ1n) is 8.65. The van der Waals surface area contributed by atoms with Crippen LogP contribution in [0.25, 0.3) is 0 Å². The lowest BCUT2D eigenvalue weighted by Gasteiger charge is -2.35. The normalized spacial score (nSPS) is 19.2. The lowest BCUT2D eigenvalue weighted by atomic mass is 9.97. The van der Waals surface area contributed by atoms with Gasteiger partial charge in [-0.2, -0.15) is 17.9 Å². The van der Waals surface area contributed by atoms with Gasteiger partial charge >= 0.3 is 6.18 Å². The number of carbonyl (C=O) groups excluding carboxylic acids is 2. The number of alkyl halides is 3. The van der Waals surface area contributed by atoms with Gasteiger partial charge < -0.3 is 10.2 Å². The Bertz CT molecular complexity index is 825. The van der Waals surface area contributed by atoms with Gasteiger partial charge in [0.25, 0.3) is 0 Å². The summed E-state index contributed by atoms with van der Waals surface area (Å²) in [5, 5.41) is 2.49. The predicted octanol–water partition coefficient (Wildman–Crippen LogP) is 2.11. The Balaban J connectivity index is 2.04. The number of hydrogen-bond donors (Lipinski definition) is 2. The van der Waals surface area contributed by atoms with Crippen LogP contribution in [0.4, 0.5) is 18.9 Å². The van der Waals surface area contributed by atoms with Gasteiger partial charge in [-0.1, -0.05) is 0 Å². The van der Waals surface area contributed by atoms with Crippen molar-refractivity contribution < 1.29 is 31.2 Å². The molecule has 1 saturated heterocycles. The number of sulfonamides is 1. The number of likely N-dealkylation sites (tertiary alicyclic amines) is 1. The van der Waals surface area contributed by atoms with Crippen LogP contribution in [0.3, 0.4) is 0 Å². The van der Waals surface area contributed by atoms with E-state index in [4.69, 9.17) is 0 Å². The SMILES string of the molecule is CC(=O)Nc1ccc(S(=O)(=O)N[C@@H](C)C(=O)N2CCC[C@H](C(F)(F)F)C2)cc1. The molecule has 7 nitrogen and oxygen atoms in total. The number of piperidine rings is 1. The van der Waals surface area contributed by atoms with Gasteiger partial charge in [-0.25, -0.2) is 8.42 Å². The molecule has 1 aromatic carbocycles. The Morgan fingerprint density at radius 1 is 1.21 bits per heavy atom. The van der Waals surface area contributed by atoms with Crippen molar-refractivity contribution in [2.75, 3.05) is 18.4 Å². The number of halogens is 3.